The molecule has 0 bridgehead atoms. The van der Waals surface area contributed by atoms with Gasteiger partial charge in [-0.25, -0.2) is 0 Å². The molecule has 0 spiro atoms. The first-order chi connectivity index (χ1) is 6.02. The summed E-state index contributed by atoms with van der Waals surface area (Å²) in [6.45, 7) is 4.70. The minimum absolute atomic E-state index is 0.0444. The van der Waals surface area contributed by atoms with Crippen LogP contribution in [0.1, 0.15) is 20.3 Å². The largest absolute Gasteiger partial charge is 0.359 e. The van der Waals surface area contributed by atoms with Crippen LogP contribution in [0.4, 0.5) is 0 Å². The Morgan fingerprint density at radius 3 is 2.38 bits per heavy atom. The fraction of sp³-hybridized carbons (Fsp3) is 0.889. The van der Waals surface area contributed by atoms with Gasteiger partial charge in [0.25, 0.3) is 0 Å². The fourth-order valence-electron chi connectivity index (χ4n) is 1.13. The Morgan fingerprint density at radius 2 is 2.08 bits per heavy atom. The lowest BCUT2D eigenvalue weighted by Crippen LogP contribution is -2.44. The molecular formula is C9H21N3O. The maximum atomic E-state index is 11.1. The predicted molar refractivity (Wildman–Crippen MR) is 54.4 cm³/mol. The molecule has 0 saturated carbocycles. The summed E-state index contributed by atoms with van der Waals surface area (Å²) in [6.07, 6.45) is 0.474. The highest BCUT2D eigenvalue weighted by molar-refractivity contribution is 5.76. The predicted octanol–water partition coefficient (Wildman–Crippen LogP) is -0.210. The van der Waals surface area contributed by atoms with Gasteiger partial charge in [0.2, 0.25) is 5.91 Å². The molecular weight excluding hydrogens is 166 g/mol. The maximum absolute atomic E-state index is 11.1. The van der Waals surface area contributed by atoms with E-state index in [0.717, 1.165) is 0 Å². The smallest absolute Gasteiger partial charge is 0.221 e. The number of hydrogen-bond donors (Lipinski definition) is 2. The quantitative estimate of drug-likeness (QED) is 0.626. The van der Waals surface area contributed by atoms with Gasteiger partial charge in [0.1, 0.15) is 0 Å². The number of nitrogens with zero attached hydrogens (tertiary/aromatic N) is 1. The Balaban J connectivity index is 4.09. The summed E-state index contributed by atoms with van der Waals surface area (Å²) in [5, 5.41) is 2.60. The van der Waals surface area contributed by atoms with Gasteiger partial charge in [0, 0.05) is 32.1 Å². The van der Waals surface area contributed by atoms with E-state index in [4.69, 9.17) is 5.73 Å². The van der Waals surface area contributed by atoms with E-state index in [9.17, 15) is 4.79 Å². The van der Waals surface area contributed by atoms with Gasteiger partial charge in [-0.3, -0.25) is 9.69 Å². The Kier molecular flexibility index (Phi) is 5.66. The van der Waals surface area contributed by atoms with Crippen LogP contribution in [0.3, 0.4) is 0 Å². The maximum Gasteiger partial charge on any atom is 0.221 e. The van der Waals surface area contributed by atoms with Crippen LogP contribution in [0.2, 0.25) is 0 Å². The summed E-state index contributed by atoms with van der Waals surface area (Å²) in [6, 6.07) is 0.554. The average molecular weight is 187 g/mol. The highest BCUT2D eigenvalue weighted by atomic mass is 16.1. The van der Waals surface area contributed by atoms with Gasteiger partial charge in [-0.1, -0.05) is 0 Å². The molecule has 3 N–H and O–H groups in total. The summed E-state index contributed by atoms with van der Waals surface area (Å²) >= 11 is 0. The number of amides is 1. The van der Waals surface area contributed by atoms with Crippen molar-refractivity contribution in [3.63, 3.8) is 0 Å². The van der Waals surface area contributed by atoms with E-state index in [-0.39, 0.29) is 11.9 Å². The highest BCUT2D eigenvalue weighted by Crippen LogP contribution is 2.04. The SMILES string of the molecule is CNC(=O)CC(CN)N(C)C(C)C. The van der Waals surface area contributed by atoms with Gasteiger partial charge in [0.15, 0.2) is 0 Å². The zero-order valence-electron chi connectivity index (χ0n) is 9.00. The first-order valence-corrected chi connectivity index (χ1v) is 4.65. The van der Waals surface area contributed by atoms with Crippen molar-refractivity contribution in [1.82, 2.24) is 10.2 Å². The second-order valence-corrected chi connectivity index (χ2v) is 3.53. The summed E-state index contributed by atoms with van der Waals surface area (Å²) in [5.41, 5.74) is 5.59. The number of carbonyl (C=O) groups excluding carboxylic acids is 1. The molecule has 1 unspecified atom stereocenters. The van der Waals surface area contributed by atoms with Crippen molar-refractivity contribution in [1.29, 1.82) is 0 Å². The van der Waals surface area contributed by atoms with Crippen molar-refractivity contribution < 1.29 is 4.79 Å². The van der Waals surface area contributed by atoms with E-state index in [0.29, 0.717) is 19.0 Å². The standard InChI is InChI=1S/C9H21N3O/c1-7(2)12(4)8(6-10)5-9(13)11-3/h7-8H,5-6,10H2,1-4H3,(H,11,13). The minimum atomic E-state index is 0.0444. The van der Waals surface area contributed by atoms with Crippen LogP contribution in [0.5, 0.6) is 0 Å². The first kappa shape index (κ1) is 12.4. The lowest BCUT2D eigenvalue weighted by Gasteiger charge is -2.29. The van der Waals surface area contributed by atoms with Gasteiger partial charge in [-0.05, 0) is 20.9 Å². The molecule has 78 valence electrons. The lowest BCUT2D eigenvalue weighted by atomic mass is 10.1. The number of carbonyl (C=O) groups is 1. The molecule has 1 atom stereocenters. The van der Waals surface area contributed by atoms with Crippen LogP contribution in [0.15, 0.2) is 0 Å². The van der Waals surface area contributed by atoms with Crippen molar-refractivity contribution in [2.75, 3.05) is 20.6 Å². The lowest BCUT2D eigenvalue weighted by molar-refractivity contribution is -0.121. The molecule has 4 heteroatoms. The van der Waals surface area contributed by atoms with Crippen LogP contribution in [0.25, 0.3) is 0 Å². The van der Waals surface area contributed by atoms with E-state index in [1.165, 1.54) is 0 Å². The molecule has 0 radical (unpaired) electrons. The van der Waals surface area contributed by atoms with Crippen molar-refractivity contribution in [3.8, 4) is 0 Å². The monoisotopic (exact) mass is 187 g/mol. The van der Waals surface area contributed by atoms with Crippen LogP contribution in [0, 0.1) is 0 Å². The molecule has 0 aliphatic rings. The van der Waals surface area contributed by atoms with Crippen molar-refractivity contribution in [2.45, 2.75) is 32.4 Å². The minimum Gasteiger partial charge on any atom is -0.359 e. The second-order valence-electron chi connectivity index (χ2n) is 3.53. The number of rotatable bonds is 5. The van der Waals surface area contributed by atoms with Gasteiger partial charge in [-0.15, -0.1) is 0 Å². The Hall–Kier alpha value is -0.610. The zero-order chi connectivity index (χ0) is 10.4. The summed E-state index contributed by atoms with van der Waals surface area (Å²) in [4.78, 5) is 13.2. The number of hydrogen-bond acceptors (Lipinski definition) is 3. The molecule has 0 aromatic heterocycles. The topological polar surface area (TPSA) is 58.4 Å². The number of likely N-dealkylation sites (N-methyl/N-ethyl adjacent to an activating group) is 1. The van der Waals surface area contributed by atoms with Crippen LogP contribution in [-0.4, -0.2) is 43.5 Å². The molecule has 4 nitrogen and oxygen atoms in total. The average Bonchev–Trinajstić information content (AvgIpc) is 2.12. The molecule has 0 aromatic rings. The molecule has 0 aliphatic carbocycles. The Labute approximate surface area is 80.5 Å². The summed E-state index contributed by atoms with van der Waals surface area (Å²) in [7, 11) is 3.64. The van der Waals surface area contributed by atoms with E-state index in [1.54, 1.807) is 7.05 Å². The Morgan fingerprint density at radius 1 is 1.54 bits per heavy atom. The summed E-state index contributed by atoms with van der Waals surface area (Å²) < 4.78 is 0. The third kappa shape index (κ3) is 4.24. The molecule has 0 heterocycles. The zero-order valence-corrected chi connectivity index (χ0v) is 9.00. The molecule has 0 aromatic carbocycles. The van der Waals surface area contributed by atoms with E-state index < -0.39 is 0 Å². The van der Waals surface area contributed by atoms with Crippen LogP contribution in [-0.2, 0) is 4.79 Å². The van der Waals surface area contributed by atoms with Gasteiger partial charge >= 0.3 is 0 Å². The molecule has 1 amide bonds. The van der Waals surface area contributed by atoms with Gasteiger partial charge in [0.05, 0.1) is 0 Å². The normalized spacial score (nSPS) is 13.5. The number of nitrogens with one attached hydrogen (secondary N) is 1. The third-order valence-corrected chi connectivity index (χ3v) is 2.36. The van der Waals surface area contributed by atoms with Crippen molar-refractivity contribution in [3.05, 3.63) is 0 Å². The second kappa shape index (κ2) is 5.94. The van der Waals surface area contributed by atoms with Gasteiger partial charge in [-0.2, -0.15) is 0 Å². The molecule has 13 heavy (non-hydrogen) atoms. The first-order valence-electron chi connectivity index (χ1n) is 4.65. The molecule has 0 aliphatic heterocycles. The number of nitrogens with two attached hydrogens (primary N) is 1. The van der Waals surface area contributed by atoms with Crippen LogP contribution >= 0.6 is 0 Å². The summed E-state index contributed by atoms with van der Waals surface area (Å²) in [5.74, 6) is 0.0444. The molecule has 0 saturated heterocycles. The highest BCUT2D eigenvalue weighted by Gasteiger charge is 2.18. The molecule has 0 fully saturated rings. The van der Waals surface area contributed by atoms with Gasteiger partial charge < -0.3 is 11.1 Å². The van der Waals surface area contributed by atoms with E-state index >= 15 is 0 Å². The van der Waals surface area contributed by atoms with E-state index in [2.05, 4.69) is 24.1 Å². The van der Waals surface area contributed by atoms with E-state index in [1.807, 2.05) is 7.05 Å². The van der Waals surface area contributed by atoms with Crippen molar-refractivity contribution in [2.24, 2.45) is 5.73 Å². The fourth-order valence-corrected chi connectivity index (χ4v) is 1.13. The van der Waals surface area contributed by atoms with Crippen LogP contribution < -0.4 is 11.1 Å². The Bertz CT molecular complexity index is 159. The third-order valence-electron chi connectivity index (χ3n) is 2.36. The van der Waals surface area contributed by atoms with Crippen molar-refractivity contribution >= 4 is 5.91 Å². The molecule has 0 rings (SSSR count).